The molecule has 7 nitrogen and oxygen atoms in total. The summed E-state index contributed by atoms with van der Waals surface area (Å²) in [5.41, 5.74) is 10.0. The lowest BCUT2D eigenvalue weighted by atomic mass is 10.0. The number of benzene rings is 1. The quantitative estimate of drug-likeness (QED) is 0.769. The average Bonchev–Trinajstić information content (AvgIpc) is 3.33. The number of nitrogens with two attached hydrogens (primary N) is 1. The molecule has 0 bridgehead atoms. The molecular formula is C23H30ClN5O2. The maximum atomic E-state index is 13.2. The molecule has 2 aliphatic heterocycles. The fourth-order valence-corrected chi connectivity index (χ4v) is 5.34. The summed E-state index contributed by atoms with van der Waals surface area (Å²) in [5, 5.41) is 5.09. The first-order chi connectivity index (χ1) is 14.7. The molecule has 2 aromatic rings. The van der Waals surface area contributed by atoms with Gasteiger partial charge >= 0.3 is 0 Å². The number of carbonyl (C=O) groups is 2. The van der Waals surface area contributed by atoms with Crippen LogP contribution >= 0.6 is 11.6 Å². The number of primary amides is 1. The van der Waals surface area contributed by atoms with Crippen molar-refractivity contribution in [2.24, 2.45) is 24.6 Å². The molecule has 0 radical (unpaired) electrons. The van der Waals surface area contributed by atoms with Gasteiger partial charge in [-0.3, -0.25) is 19.2 Å². The van der Waals surface area contributed by atoms with E-state index in [1.807, 2.05) is 50.9 Å². The number of aryl methyl sites for hydroxylation is 3. The van der Waals surface area contributed by atoms with Crippen LogP contribution in [0.4, 0.5) is 0 Å². The van der Waals surface area contributed by atoms with Crippen molar-refractivity contribution in [3.63, 3.8) is 0 Å². The Balaban J connectivity index is 1.48. The van der Waals surface area contributed by atoms with E-state index >= 15 is 0 Å². The molecule has 0 aliphatic carbocycles. The minimum absolute atomic E-state index is 0.0723. The molecule has 2 amide bonds. The van der Waals surface area contributed by atoms with Crippen LogP contribution in [-0.4, -0.2) is 57.6 Å². The molecule has 2 fully saturated rings. The van der Waals surface area contributed by atoms with Gasteiger partial charge in [-0.25, -0.2) is 0 Å². The van der Waals surface area contributed by atoms with E-state index in [1.54, 1.807) is 4.68 Å². The predicted molar refractivity (Wildman–Crippen MR) is 120 cm³/mol. The van der Waals surface area contributed by atoms with Crippen LogP contribution in [0.3, 0.4) is 0 Å². The summed E-state index contributed by atoms with van der Waals surface area (Å²) in [5.74, 6) is 0.524. The highest BCUT2D eigenvalue weighted by Crippen LogP contribution is 2.38. The second-order valence-electron chi connectivity index (χ2n) is 9.05. The van der Waals surface area contributed by atoms with Crippen molar-refractivity contribution in [1.29, 1.82) is 0 Å². The van der Waals surface area contributed by atoms with Gasteiger partial charge in [0.25, 0.3) is 5.91 Å². The standard InChI is InChI=1S/C23H30ClN5O2/c1-13-5-6-16(7-19(13)24)20(8-21(25)30)28-9-17-11-29(12-18(17)10-28)23(31)22-14(2)26-27(4)15(22)3/h5-7,17-18,20H,8-12H2,1-4H3,(H2,25,30). The number of hydrogen-bond donors (Lipinski definition) is 1. The highest BCUT2D eigenvalue weighted by molar-refractivity contribution is 6.31. The van der Waals surface area contributed by atoms with Crippen molar-refractivity contribution < 1.29 is 9.59 Å². The van der Waals surface area contributed by atoms with Gasteiger partial charge in [0.2, 0.25) is 5.91 Å². The van der Waals surface area contributed by atoms with Gasteiger partial charge in [-0.15, -0.1) is 0 Å². The van der Waals surface area contributed by atoms with Crippen molar-refractivity contribution in [3.05, 3.63) is 51.3 Å². The molecule has 0 spiro atoms. The SMILES string of the molecule is Cc1ccc(C(CC(N)=O)N2CC3CN(C(=O)c4c(C)nn(C)c4C)CC3C2)cc1Cl. The Morgan fingerprint density at radius 3 is 2.32 bits per heavy atom. The van der Waals surface area contributed by atoms with E-state index in [4.69, 9.17) is 17.3 Å². The van der Waals surface area contributed by atoms with Gasteiger partial charge in [0.1, 0.15) is 0 Å². The molecule has 166 valence electrons. The van der Waals surface area contributed by atoms with Crippen molar-refractivity contribution >= 4 is 23.4 Å². The van der Waals surface area contributed by atoms with E-state index in [2.05, 4.69) is 10.00 Å². The lowest BCUT2D eigenvalue weighted by molar-refractivity contribution is -0.119. The van der Waals surface area contributed by atoms with Gasteiger partial charge in [0, 0.05) is 56.4 Å². The predicted octanol–water partition coefficient (Wildman–Crippen LogP) is 2.62. The third-order valence-electron chi connectivity index (χ3n) is 6.94. The number of carbonyl (C=O) groups excluding carboxylic acids is 2. The fourth-order valence-electron chi connectivity index (χ4n) is 5.16. The molecule has 1 aromatic carbocycles. The number of rotatable bonds is 5. The van der Waals surface area contributed by atoms with Gasteiger partial charge < -0.3 is 10.6 Å². The third-order valence-corrected chi connectivity index (χ3v) is 7.35. The third kappa shape index (κ3) is 4.08. The number of amides is 2. The number of fused-ring (bicyclic) bond motifs is 1. The van der Waals surface area contributed by atoms with Crippen LogP contribution in [0.15, 0.2) is 18.2 Å². The number of halogens is 1. The number of likely N-dealkylation sites (tertiary alicyclic amines) is 2. The average molecular weight is 444 g/mol. The maximum absolute atomic E-state index is 13.2. The van der Waals surface area contributed by atoms with Crippen LogP contribution in [0, 0.1) is 32.6 Å². The summed E-state index contributed by atoms with van der Waals surface area (Å²) < 4.78 is 1.77. The van der Waals surface area contributed by atoms with Gasteiger partial charge in [0.05, 0.1) is 11.3 Å². The van der Waals surface area contributed by atoms with Gasteiger partial charge in [-0.05, 0) is 49.8 Å². The zero-order chi connectivity index (χ0) is 22.4. The maximum Gasteiger partial charge on any atom is 0.257 e. The van der Waals surface area contributed by atoms with E-state index < -0.39 is 0 Å². The summed E-state index contributed by atoms with van der Waals surface area (Å²) in [7, 11) is 1.87. The van der Waals surface area contributed by atoms with Crippen LogP contribution in [0.25, 0.3) is 0 Å². The largest absolute Gasteiger partial charge is 0.370 e. The Morgan fingerprint density at radius 1 is 1.16 bits per heavy atom. The van der Waals surface area contributed by atoms with Crippen molar-refractivity contribution in [1.82, 2.24) is 19.6 Å². The zero-order valence-electron chi connectivity index (χ0n) is 18.6. The van der Waals surface area contributed by atoms with E-state index in [0.717, 1.165) is 54.3 Å². The monoisotopic (exact) mass is 443 g/mol. The van der Waals surface area contributed by atoms with Crippen molar-refractivity contribution in [2.45, 2.75) is 33.2 Å². The van der Waals surface area contributed by atoms with Crippen LogP contribution in [-0.2, 0) is 11.8 Å². The second-order valence-corrected chi connectivity index (χ2v) is 9.46. The fraction of sp³-hybridized carbons (Fsp3) is 0.522. The smallest absolute Gasteiger partial charge is 0.257 e. The van der Waals surface area contributed by atoms with E-state index in [1.165, 1.54) is 0 Å². The molecule has 3 atom stereocenters. The highest BCUT2D eigenvalue weighted by Gasteiger charge is 2.44. The minimum Gasteiger partial charge on any atom is -0.370 e. The van der Waals surface area contributed by atoms with Crippen molar-refractivity contribution in [2.75, 3.05) is 26.2 Å². The van der Waals surface area contributed by atoms with Gasteiger partial charge in [-0.2, -0.15) is 5.10 Å². The Bertz CT molecular complexity index is 1020. The lowest BCUT2D eigenvalue weighted by Crippen LogP contribution is -2.36. The molecule has 4 rings (SSSR count). The number of nitrogens with zero attached hydrogens (tertiary/aromatic N) is 4. The molecule has 3 unspecified atom stereocenters. The zero-order valence-corrected chi connectivity index (χ0v) is 19.3. The van der Waals surface area contributed by atoms with Gasteiger partial charge in [-0.1, -0.05) is 23.7 Å². The number of hydrogen-bond acceptors (Lipinski definition) is 4. The molecule has 31 heavy (non-hydrogen) atoms. The summed E-state index contributed by atoms with van der Waals surface area (Å²) >= 11 is 6.35. The molecule has 8 heteroatoms. The normalized spacial score (nSPS) is 22.0. The molecule has 2 aliphatic rings. The first-order valence-electron chi connectivity index (χ1n) is 10.7. The number of aromatic nitrogens is 2. The Hall–Kier alpha value is -2.38. The van der Waals surface area contributed by atoms with Gasteiger partial charge in [0.15, 0.2) is 0 Å². The Labute approximate surface area is 188 Å². The molecular weight excluding hydrogens is 414 g/mol. The molecule has 3 heterocycles. The Kier molecular flexibility index (Phi) is 5.83. The summed E-state index contributed by atoms with van der Waals surface area (Å²) in [6.45, 7) is 8.92. The van der Waals surface area contributed by atoms with E-state index in [9.17, 15) is 9.59 Å². The first-order valence-corrected chi connectivity index (χ1v) is 11.1. The summed E-state index contributed by atoms with van der Waals surface area (Å²) in [4.78, 5) is 29.3. The highest BCUT2D eigenvalue weighted by atomic mass is 35.5. The summed E-state index contributed by atoms with van der Waals surface area (Å²) in [6, 6.07) is 5.88. The van der Waals surface area contributed by atoms with Crippen LogP contribution < -0.4 is 5.73 Å². The summed E-state index contributed by atoms with van der Waals surface area (Å²) in [6.07, 6.45) is 0.259. The van der Waals surface area contributed by atoms with Crippen LogP contribution in [0.2, 0.25) is 5.02 Å². The first kappa shape index (κ1) is 21.8. The van der Waals surface area contributed by atoms with E-state index in [-0.39, 0.29) is 24.3 Å². The molecule has 2 saturated heterocycles. The van der Waals surface area contributed by atoms with E-state index in [0.29, 0.717) is 16.9 Å². The lowest BCUT2D eigenvalue weighted by Gasteiger charge is -2.29. The topological polar surface area (TPSA) is 84.5 Å². The molecule has 2 N–H and O–H groups in total. The van der Waals surface area contributed by atoms with Crippen LogP contribution in [0.5, 0.6) is 0 Å². The minimum atomic E-state index is -0.321. The van der Waals surface area contributed by atoms with Crippen LogP contribution in [0.1, 0.15) is 45.3 Å². The second kappa shape index (κ2) is 8.28. The molecule has 0 saturated carbocycles. The molecule has 1 aromatic heterocycles. The van der Waals surface area contributed by atoms with Crippen molar-refractivity contribution in [3.8, 4) is 0 Å². The Morgan fingerprint density at radius 2 is 1.81 bits per heavy atom.